The molecular formula is C27H32O6. The standard InChI is InChI=1S/C27H32O6/c1-4-31-25(29)27(26(30)32-5-2)16-22-14-10-9-13-21(19(3)23(22)17-27)15-24(28)33-18-20-11-7-6-8-12-20/h6-8,10-12,14-15,22-23H,3-5,9,13,16-18H2,1-2H3/b14-10-,21-15+/t22-,23-/m1/s1. The third-order valence-corrected chi connectivity index (χ3v) is 6.34. The smallest absolute Gasteiger partial charge is 0.331 e. The second-order valence-corrected chi connectivity index (χ2v) is 8.46. The van der Waals surface area contributed by atoms with Crippen molar-refractivity contribution in [2.24, 2.45) is 17.3 Å². The first-order valence-corrected chi connectivity index (χ1v) is 11.5. The fraction of sp³-hybridized carbons (Fsp3) is 0.444. The number of benzene rings is 1. The summed E-state index contributed by atoms with van der Waals surface area (Å²) in [6, 6.07) is 9.49. The highest BCUT2D eigenvalue weighted by molar-refractivity contribution is 6.00. The van der Waals surface area contributed by atoms with Gasteiger partial charge in [-0.05, 0) is 68.1 Å². The SMILES string of the molecule is C=C1/C(=C/C(=O)OCc2ccccc2)CC/C=C\[C@@H]2CC(C(=O)OCC)(C(=O)OCC)C[C@H]12. The molecule has 1 aromatic rings. The Hall–Kier alpha value is -3.15. The molecule has 0 heterocycles. The predicted molar refractivity (Wildman–Crippen MR) is 124 cm³/mol. The second-order valence-electron chi connectivity index (χ2n) is 8.46. The van der Waals surface area contributed by atoms with Crippen molar-refractivity contribution in [3.8, 4) is 0 Å². The summed E-state index contributed by atoms with van der Waals surface area (Å²) in [5.41, 5.74) is 1.10. The van der Waals surface area contributed by atoms with Crippen LogP contribution >= 0.6 is 0 Å². The Kier molecular flexibility index (Phi) is 8.26. The molecule has 2 atom stereocenters. The van der Waals surface area contributed by atoms with Crippen LogP contribution < -0.4 is 0 Å². The van der Waals surface area contributed by atoms with Gasteiger partial charge in [0.2, 0.25) is 0 Å². The van der Waals surface area contributed by atoms with Crippen molar-refractivity contribution >= 4 is 17.9 Å². The number of carbonyl (C=O) groups excluding carboxylic acids is 3. The van der Waals surface area contributed by atoms with Crippen molar-refractivity contribution < 1.29 is 28.6 Å². The fourth-order valence-corrected chi connectivity index (χ4v) is 4.68. The topological polar surface area (TPSA) is 78.9 Å². The summed E-state index contributed by atoms with van der Waals surface area (Å²) in [5.74, 6) is -1.79. The Morgan fingerprint density at radius 3 is 2.33 bits per heavy atom. The average Bonchev–Trinajstić information content (AvgIpc) is 3.20. The molecule has 0 amide bonds. The van der Waals surface area contributed by atoms with Crippen LogP contribution in [0.2, 0.25) is 0 Å². The molecule has 6 nitrogen and oxygen atoms in total. The van der Waals surface area contributed by atoms with Gasteiger partial charge < -0.3 is 14.2 Å². The van der Waals surface area contributed by atoms with Gasteiger partial charge in [-0.15, -0.1) is 0 Å². The number of rotatable bonds is 7. The van der Waals surface area contributed by atoms with Gasteiger partial charge in [-0.1, -0.05) is 49.1 Å². The summed E-state index contributed by atoms with van der Waals surface area (Å²) >= 11 is 0. The summed E-state index contributed by atoms with van der Waals surface area (Å²) in [6.07, 6.45) is 7.50. The Bertz CT molecular complexity index is 925. The molecule has 0 saturated heterocycles. The van der Waals surface area contributed by atoms with Gasteiger partial charge in [-0.3, -0.25) is 9.59 Å². The van der Waals surface area contributed by atoms with E-state index < -0.39 is 23.3 Å². The maximum Gasteiger partial charge on any atom is 0.331 e. The number of esters is 3. The Labute approximate surface area is 195 Å². The summed E-state index contributed by atoms with van der Waals surface area (Å²) in [6.45, 7) is 8.27. The maximum absolute atomic E-state index is 12.9. The molecule has 0 unspecified atom stereocenters. The first-order valence-electron chi connectivity index (χ1n) is 11.5. The highest BCUT2D eigenvalue weighted by Crippen LogP contribution is 2.52. The number of carbonyl (C=O) groups is 3. The molecule has 1 fully saturated rings. The normalized spacial score (nSPS) is 23.7. The zero-order valence-corrected chi connectivity index (χ0v) is 19.4. The molecule has 176 valence electrons. The molecule has 6 heteroatoms. The van der Waals surface area contributed by atoms with E-state index in [0.29, 0.717) is 12.8 Å². The lowest BCUT2D eigenvalue weighted by Crippen LogP contribution is -2.40. The van der Waals surface area contributed by atoms with Crippen molar-refractivity contribution in [3.63, 3.8) is 0 Å². The third kappa shape index (κ3) is 5.62. The summed E-state index contributed by atoms with van der Waals surface area (Å²) in [4.78, 5) is 38.4. The van der Waals surface area contributed by atoms with Gasteiger partial charge in [0.15, 0.2) is 5.41 Å². The predicted octanol–water partition coefficient (Wildman–Crippen LogP) is 4.70. The highest BCUT2D eigenvalue weighted by atomic mass is 16.6. The molecule has 2 aliphatic rings. The van der Waals surface area contributed by atoms with Crippen molar-refractivity contribution in [3.05, 3.63) is 71.8 Å². The van der Waals surface area contributed by atoms with E-state index in [9.17, 15) is 14.4 Å². The largest absolute Gasteiger partial charge is 0.465 e. The lowest BCUT2D eigenvalue weighted by molar-refractivity contribution is -0.172. The average molecular weight is 453 g/mol. The van der Waals surface area contributed by atoms with Crippen molar-refractivity contribution in [2.75, 3.05) is 13.2 Å². The molecular weight excluding hydrogens is 420 g/mol. The van der Waals surface area contributed by atoms with E-state index in [-0.39, 0.29) is 38.1 Å². The summed E-state index contributed by atoms with van der Waals surface area (Å²) < 4.78 is 16.0. The van der Waals surface area contributed by atoms with Crippen LogP contribution in [-0.4, -0.2) is 31.1 Å². The van der Waals surface area contributed by atoms with Gasteiger partial charge >= 0.3 is 17.9 Å². The number of ether oxygens (including phenoxy) is 3. The van der Waals surface area contributed by atoms with Gasteiger partial charge in [0.1, 0.15) is 6.61 Å². The van der Waals surface area contributed by atoms with Crippen molar-refractivity contribution in [2.45, 2.75) is 46.1 Å². The second kappa shape index (κ2) is 11.1. The molecule has 0 aromatic heterocycles. The van der Waals surface area contributed by atoms with E-state index in [1.807, 2.05) is 36.4 Å². The lowest BCUT2D eigenvalue weighted by Gasteiger charge is -2.25. The zero-order chi connectivity index (χ0) is 23.8. The van der Waals surface area contributed by atoms with Gasteiger partial charge in [0.25, 0.3) is 0 Å². The fourth-order valence-electron chi connectivity index (χ4n) is 4.68. The highest BCUT2D eigenvalue weighted by Gasteiger charge is 2.57. The van der Waals surface area contributed by atoms with E-state index in [2.05, 4.69) is 12.7 Å². The van der Waals surface area contributed by atoms with Gasteiger partial charge in [-0.2, -0.15) is 0 Å². The number of allylic oxidation sites excluding steroid dienone is 4. The first-order chi connectivity index (χ1) is 15.9. The number of hydrogen-bond donors (Lipinski definition) is 0. The molecule has 0 radical (unpaired) electrons. The van der Waals surface area contributed by atoms with Crippen LogP contribution in [0.5, 0.6) is 0 Å². The van der Waals surface area contributed by atoms with Gasteiger partial charge in [0.05, 0.1) is 13.2 Å². The molecule has 1 aromatic carbocycles. The van der Waals surface area contributed by atoms with Crippen LogP contribution in [0.1, 0.15) is 45.1 Å². The maximum atomic E-state index is 12.9. The van der Waals surface area contributed by atoms with Crippen molar-refractivity contribution in [1.29, 1.82) is 0 Å². The molecule has 0 bridgehead atoms. The van der Waals surface area contributed by atoms with Gasteiger partial charge in [-0.25, -0.2) is 4.79 Å². The summed E-state index contributed by atoms with van der Waals surface area (Å²) in [5, 5.41) is 0. The van der Waals surface area contributed by atoms with Crippen LogP contribution in [-0.2, 0) is 35.2 Å². The molecule has 0 spiro atoms. The molecule has 3 rings (SSSR count). The van der Waals surface area contributed by atoms with Crippen molar-refractivity contribution in [1.82, 2.24) is 0 Å². The minimum absolute atomic E-state index is 0.0737. The van der Waals surface area contributed by atoms with E-state index >= 15 is 0 Å². The van der Waals surface area contributed by atoms with Crippen LogP contribution in [0.3, 0.4) is 0 Å². The molecule has 33 heavy (non-hydrogen) atoms. The molecule has 0 N–H and O–H groups in total. The molecule has 1 saturated carbocycles. The zero-order valence-electron chi connectivity index (χ0n) is 19.4. The van der Waals surface area contributed by atoms with E-state index in [4.69, 9.17) is 14.2 Å². The lowest BCUT2D eigenvalue weighted by atomic mass is 9.81. The Morgan fingerprint density at radius 1 is 1.03 bits per heavy atom. The quantitative estimate of drug-likeness (QED) is 0.196. The van der Waals surface area contributed by atoms with Crippen LogP contribution in [0.25, 0.3) is 0 Å². The Balaban J connectivity index is 1.81. The third-order valence-electron chi connectivity index (χ3n) is 6.34. The number of hydrogen-bond acceptors (Lipinski definition) is 6. The van der Waals surface area contributed by atoms with E-state index in [1.165, 1.54) is 6.08 Å². The van der Waals surface area contributed by atoms with Crippen LogP contribution in [0, 0.1) is 17.3 Å². The summed E-state index contributed by atoms with van der Waals surface area (Å²) in [7, 11) is 0. The first kappa shape index (κ1) is 24.5. The van der Waals surface area contributed by atoms with Crippen LogP contribution in [0.15, 0.2) is 66.3 Å². The molecule has 0 aliphatic heterocycles. The van der Waals surface area contributed by atoms with Gasteiger partial charge in [0, 0.05) is 6.08 Å². The van der Waals surface area contributed by atoms with E-state index in [0.717, 1.165) is 23.1 Å². The Morgan fingerprint density at radius 2 is 1.70 bits per heavy atom. The molecule has 2 aliphatic carbocycles. The van der Waals surface area contributed by atoms with E-state index in [1.54, 1.807) is 13.8 Å². The number of fused-ring (bicyclic) bond motifs is 1. The minimum Gasteiger partial charge on any atom is -0.465 e. The monoisotopic (exact) mass is 452 g/mol. The van der Waals surface area contributed by atoms with Crippen LogP contribution in [0.4, 0.5) is 0 Å². The minimum atomic E-state index is -1.36.